The normalized spacial score (nSPS) is 16.3. The fourth-order valence-corrected chi connectivity index (χ4v) is 3.27. The summed E-state index contributed by atoms with van der Waals surface area (Å²) in [6, 6.07) is 11.9. The number of nitrogens with one attached hydrogen (secondary N) is 1. The van der Waals surface area contributed by atoms with Crippen molar-refractivity contribution < 1.29 is 9.53 Å². The lowest BCUT2D eigenvalue weighted by atomic mass is 10.0. The second-order valence-corrected chi connectivity index (χ2v) is 6.16. The van der Waals surface area contributed by atoms with Crippen molar-refractivity contribution in [1.82, 2.24) is 14.8 Å². The van der Waals surface area contributed by atoms with E-state index >= 15 is 0 Å². The molecule has 0 aliphatic carbocycles. The Morgan fingerprint density at radius 1 is 1.28 bits per heavy atom. The molecule has 0 saturated carbocycles. The Balaban J connectivity index is 1.63. The maximum atomic E-state index is 12.5. The number of aromatic amines is 1. The van der Waals surface area contributed by atoms with Crippen LogP contribution in [0.3, 0.4) is 0 Å². The fourth-order valence-electron chi connectivity index (χ4n) is 3.27. The van der Waals surface area contributed by atoms with Crippen LogP contribution < -0.4 is 4.74 Å². The number of hydrogen-bond donors (Lipinski definition) is 1. The summed E-state index contributed by atoms with van der Waals surface area (Å²) >= 11 is 0. The molecule has 1 N–H and O–H groups in total. The second-order valence-electron chi connectivity index (χ2n) is 6.16. The topological polar surface area (TPSA) is 72.4 Å². The Hall–Kier alpha value is -2.78. The van der Waals surface area contributed by atoms with Gasteiger partial charge in [0, 0.05) is 44.0 Å². The summed E-state index contributed by atoms with van der Waals surface area (Å²) in [6.45, 7) is 5.10. The zero-order valence-corrected chi connectivity index (χ0v) is 14.5. The molecule has 1 aromatic carbocycles. The summed E-state index contributed by atoms with van der Waals surface area (Å²) in [5.41, 5.74) is 2.11. The van der Waals surface area contributed by atoms with E-state index in [-0.39, 0.29) is 11.9 Å². The fraction of sp³-hybridized carbons (Fsp3) is 0.368. The maximum absolute atomic E-state index is 12.5. The van der Waals surface area contributed by atoms with Crippen LogP contribution in [0.2, 0.25) is 0 Å². The third-order valence-corrected chi connectivity index (χ3v) is 4.78. The molecule has 1 atom stereocenters. The van der Waals surface area contributed by atoms with Crippen molar-refractivity contribution in [2.45, 2.75) is 13.0 Å². The lowest BCUT2D eigenvalue weighted by Gasteiger charge is -2.38. The van der Waals surface area contributed by atoms with Gasteiger partial charge in [0.15, 0.2) is 0 Å². The number of benzene rings is 1. The monoisotopic (exact) mass is 338 g/mol. The number of para-hydroxylation sites is 1. The number of carbonyl (C=O) groups is 1. The first-order chi connectivity index (χ1) is 12.1. The molecule has 1 saturated heterocycles. The molecule has 0 spiro atoms. The highest BCUT2D eigenvalue weighted by atomic mass is 16.5. The van der Waals surface area contributed by atoms with Crippen molar-refractivity contribution in [3.8, 4) is 11.8 Å². The molecule has 0 radical (unpaired) electrons. The van der Waals surface area contributed by atoms with E-state index < -0.39 is 0 Å². The molecule has 1 unspecified atom stereocenters. The van der Waals surface area contributed by atoms with E-state index in [1.807, 2.05) is 29.2 Å². The van der Waals surface area contributed by atoms with Crippen LogP contribution in [0.25, 0.3) is 0 Å². The quantitative estimate of drug-likeness (QED) is 0.929. The van der Waals surface area contributed by atoms with Crippen molar-refractivity contribution in [2.24, 2.45) is 0 Å². The number of carbonyl (C=O) groups excluding carboxylic acids is 1. The Kier molecular flexibility index (Phi) is 5.05. The molecule has 0 bridgehead atoms. The van der Waals surface area contributed by atoms with E-state index in [4.69, 9.17) is 10.00 Å². The lowest BCUT2D eigenvalue weighted by Crippen LogP contribution is -2.49. The molecule has 1 amide bonds. The van der Waals surface area contributed by atoms with E-state index in [0.29, 0.717) is 24.3 Å². The summed E-state index contributed by atoms with van der Waals surface area (Å²) < 4.78 is 5.47. The molecule has 1 aliphatic heterocycles. The van der Waals surface area contributed by atoms with Crippen molar-refractivity contribution in [1.29, 1.82) is 5.26 Å². The van der Waals surface area contributed by atoms with Gasteiger partial charge in [-0.1, -0.05) is 18.2 Å². The number of methoxy groups -OCH3 is 1. The smallest absolute Gasteiger partial charge is 0.270 e. The van der Waals surface area contributed by atoms with Crippen LogP contribution in [0.5, 0.6) is 5.75 Å². The summed E-state index contributed by atoms with van der Waals surface area (Å²) in [4.78, 5) is 19.6. The molecule has 25 heavy (non-hydrogen) atoms. The highest BCUT2D eigenvalue weighted by Crippen LogP contribution is 2.29. The summed E-state index contributed by atoms with van der Waals surface area (Å²) in [6.07, 6.45) is 1.56. The van der Waals surface area contributed by atoms with E-state index in [0.717, 1.165) is 24.4 Å². The molecule has 2 aromatic rings. The van der Waals surface area contributed by atoms with Gasteiger partial charge in [-0.25, -0.2) is 0 Å². The van der Waals surface area contributed by atoms with Crippen LogP contribution in [0.15, 0.2) is 36.5 Å². The summed E-state index contributed by atoms with van der Waals surface area (Å²) in [7, 11) is 1.69. The Morgan fingerprint density at radius 3 is 2.64 bits per heavy atom. The van der Waals surface area contributed by atoms with Crippen molar-refractivity contribution in [3.63, 3.8) is 0 Å². The van der Waals surface area contributed by atoms with Crippen LogP contribution in [-0.2, 0) is 0 Å². The number of nitrogens with zero attached hydrogens (tertiary/aromatic N) is 3. The number of piperazine rings is 1. The highest BCUT2D eigenvalue weighted by molar-refractivity contribution is 5.93. The highest BCUT2D eigenvalue weighted by Gasteiger charge is 2.27. The second kappa shape index (κ2) is 7.41. The third-order valence-electron chi connectivity index (χ3n) is 4.78. The lowest BCUT2D eigenvalue weighted by molar-refractivity contribution is 0.0575. The standard InChI is InChI=1S/C19H22N4O2/c1-14(16-5-3-4-6-18(16)25-2)22-7-9-23(10-8-22)19(24)17-11-15(12-20)13-21-17/h3-6,11,13-14,21H,7-10H2,1-2H3. The molecule has 3 rings (SSSR count). The molecular formula is C19H22N4O2. The SMILES string of the molecule is COc1ccccc1C(C)N1CCN(C(=O)c2cc(C#N)c[nH]2)CC1. The molecule has 6 nitrogen and oxygen atoms in total. The van der Waals surface area contributed by atoms with Gasteiger partial charge < -0.3 is 14.6 Å². The average Bonchev–Trinajstić information content (AvgIpc) is 3.16. The number of ether oxygens (including phenoxy) is 1. The Morgan fingerprint density at radius 2 is 2.00 bits per heavy atom. The first-order valence-corrected chi connectivity index (χ1v) is 8.38. The van der Waals surface area contributed by atoms with Crippen LogP contribution in [0, 0.1) is 11.3 Å². The molecule has 6 heteroatoms. The minimum Gasteiger partial charge on any atom is -0.496 e. The third kappa shape index (κ3) is 3.52. The van der Waals surface area contributed by atoms with Gasteiger partial charge in [-0.3, -0.25) is 9.69 Å². The van der Waals surface area contributed by atoms with E-state index in [2.05, 4.69) is 22.9 Å². The first kappa shape index (κ1) is 17.1. The summed E-state index contributed by atoms with van der Waals surface area (Å²) in [5, 5.41) is 8.88. The van der Waals surface area contributed by atoms with Crippen molar-refractivity contribution >= 4 is 5.91 Å². The zero-order valence-electron chi connectivity index (χ0n) is 14.5. The summed E-state index contributed by atoms with van der Waals surface area (Å²) in [5.74, 6) is 0.843. The minimum absolute atomic E-state index is 0.0499. The van der Waals surface area contributed by atoms with Gasteiger partial charge in [-0.05, 0) is 19.1 Å². The first-order valence-electron chi connectivity index (χ1n) is 8.38. The van der Waals surface area contributed by atoms with Gasteiger partial charge in [-0.15, -0.1) is 0 Å². The van der Waals surface area contributed by atoms with Gasteiger partial charge in [0.1, 0.15) is 17.5 Å². The number of hydrogen-bond acceptors (Lipinski definition) is 4. The number of amides is 1. The van der Waals surface area contributed by atoms with E-state index in [9.17, 15) is 4.79 Å². The van der Waals surface area contributed by atoms with Crippen LogP contribution in [-0.4, -0.2) is 54.0 Å². The van der Waals surface area contributed by atoms with Crippen molar-refractivity contribution in [2.75, 3.05) is 33.3 Å². The van der Waals surface area contributed by atoms with Crippen LogP contribution >= 0.6 is 0 Å². The zero-order chi connectivity index (χ0) is 17.8. The van der Waals surface area contributed by atoms with Gasteiger partial charge in [0.05, 0.1) is 12.7 Å². The molecule has 1 aliphatic rings. The van der Waals surface area contributed by atoms with Crippen LogP contribution in [0.4, 0.5) is 0 Å². The number of nitriles is 1. The maximum Gasteiger partial charge on any atom is 0.270 e. The van der Waals surface area contributed by atoms with E-state index in [1.165, 1.54) is 0 Å². The molecule has 130 valence electrons. The number of H-pyrrole nitrogens is 1. The van der Waals surface area contributed by atoms with Crippen LogP contribution in [0.1, 0.15) is 34.6 Å². The van der Waals surface area contributed by atoms with Crippen molar-refractivity contribution in [3.05, 3.63) is 53.3 Å². The largest absolute Gasteiger partial charge is 0.496 e. The predicted molar refractivity (Wildman–Crippen MR) is 94.4 cm³/mol. The van der Waals surface area contributed by atoms with Gasteiger partial charge in [0.25, 0.3) is 5.91 Å². The molecule has 2 heterocycles. The Labute approximate surface area is 147 Å². The minimum atomic E-state index is -0.0499. The number of rotatable bonds is 4. The number of aromatic nitrogens is 1. The Bertz CT molecular complexity index is 785. The van der Waals surface area contributed by atoms with E-state index in [1.54, 1.807) is 19.4 Å². The molecule has 1 aromatic heterocycles. The molecule has 1 fully saturated rings. The van der Waals surface area contributed by atoms with Gasteiger partial charge in [-0.2, -0.15) is 5.26 Å². The predicted octanol–water partition coefficient (Wildman–Crippen LogP) is 2.41. The van der Waals surface area contributed by atoms with Gasteiger partial charge in [0.2, 0.25) is 0 Å². The average molecular weight is 338 g/mol. The van der Waals surface area contributed by atoms with Gasteiger partial charge >= 0.3 is 0 Å². The molecular weight excluding hydrogens is 316 g/mol.